The predicted octanol–water partition coefficient (Wildman–Crippen LogP) is 15.1. The molecule has 0 bridgehead atoms. The lowest BCUT2D eigenvalue weighted by atomic mass is 9.33. The van der Waals surface area contributed by atoms with E-state index in [1.165, 1.54) is 122 Å². The quantitative estimate of drug-likeness (QED) is 0.164. The summed E-state index contributed by atoms with van der Waals surface area (Å²) < 4.78 is 2.69. The molecule has 2 aliphatic heterocycles. The summed E-state index contributed by atoms with van der Waals surface area (Å²) in [6.07, 6.45) is 2.39. The third-order valence-electron chi connectivity index (χ3n) is 14.9. The van der Waals surface area contributed by atoms with E-state index in [1.54, 1.807) is 0 Å². The predicted molar refractivity (Wildman–Crippen MR) is 276 cm³/mol. The van der Waals surface area contributed by atoms with Gasteiger partial charge in [0, 0.05) is 54.3 Å². The van der Waals surface area contributed by atoms with Crippen LogP contribution in [0.3, 0.4) is 0 Å². The molecule has 0 unspecified atom stereocenters. The third-order valence-corrected chi connectivity index (χ3v) is 16.1. The number of anilines is 6. The highest BCUT2D eigenvalue weighted by atomic mass is 32.1. The maximum atomic E-state index is 2.63. The fourth-order valence-corrected chi connectivity index (χ4v) is 12.3. The molecular formula is C59H59BN2S. The molecule has 314 valence electrons. The average Bonchev–Trinajstić information content (AvgIpc) is 3.63. The van der Waals surface area contributed by atoms with E-state index in [2.05, 4.69) is 219 Å². The summed E-state index contributed by atoms with van der Waals surface area (Å²) in [5.74, 6) is 0. The number of rotatable bonds is 3. The molecule has 0 atom stereocenters. The number of fused-ring (bicyclic) bond motifs is 8. The van der Waals surface area contributed by atoms with Crippen molar-refractivity contribution in [2.45, 2.75) is 111 Å². The first kappa shape index (κ1) is 40.2. The van der Waals surface area contributed by atoms with Gasteiger partial charge in [-0.15, -0.1) is 11.3 Å². The number of aryl methyl sites for hydroxylation is 1. The van der Waals surface area contributed by atoms with Crippen LogP contribution in [-0.4, -0.2) is 6.71 Å². The SMILES string of the molecule is Cc1cc2c3c(c1)N(c1ccc4c(c1)C(C)(C)CCC4(C)C)c1cc(C(C)(C)C)ccc1B3c1ccc(C(C)(C)C)cc1N2c1ccc(-c2cccc3c2sc2ccccc23)cc1. The topological polar surface area (TPSA) is 6.48 Å². The Morgan fingerprint density at radius 2 is 1.08 bits per heavy atom. The van der Waals surface area contributed by atoms with Gasteiger partial charge in [-0.3, -0.25) is 0 Å². The molecule has 0 saturated carbocycles. The Balaban J connectivity index is 1.15. The molecule has 2 nitrogen and oxygen atoms in total. The third kappa shape index (κ3) is 6.26. The van der Waals surface area contributed by atoms with Gasteiger partial charge in [-0.05, 0) is 151 Å². The van der Waals surface area contributed by atoms with Gasteiger partial charge in [-0.25, -0.2) is 0 Å². The summed E-state index contributed by atoms with van der Waals surface area (Å²) in [5, 5.41) is 2.67. The van der Waals surface area contributed by atoms with Crippen molar-refractivity contribution in [1.29, 1.82) is 0 Å². The lowest BCUT2D eigenvalue weighted by molar-refractivity contribution is 0.332. The molecule has 8 aromatic rings. The number of thiophene rings is 1. The first-order valence-electron chi connectivity index (χ1n) is 23.1. The summed E-state index contributed by atoms with van der Waals surface area (Å²) in [4.78, 5) is 5.22. The number of benzene rings is 7. The van der Waals surface area contributed by atoms with Gasteiger partial charge < -0.3 is 9.80 Å². The Labute approximate surface area is 379 Å². The monoisotopic (exact) mass is 838 g/mol. The molecule has 3 aliphatic rings. The Bertz CT molecular complexity index is 3170. The lowest BCUT2D eigenvalue weighted by Crippen LogP contribution is -2.61. The van der Waals surface area contributed by atoms with Crippen LogP contribution in [0.2, 0.25) is 0 Å². The zero-order valence-electron chi connectivity index (χ0n) is 39.0. The maximum Gasteiger partial charge on any atom is 0.252 e. The van der Waals surface area contributed by atoms with E-state index >= 15 is 0 Å². The van der Waals surface area contributed by atoms with E-state index in [0.717, 1.165) is 0 Å². The Morgan fingerprint density at radius 3 is 1.70 bits per heavy atom. The molecule has 0 amide bonds. The Morgan fingerprint density at radius 1 is 0.524 bits per heavy atom. The lowest BCUT2D eigenvalue weighted by Gasteiger charge is -2.46. The van der Waals surface area contributed by atoms with Gasteiger partial charge in [-0.1, -0.05) is 148 Å². The van der Waals surface area contributed by atoms with Crippen molar-refractivity contribution in [2.75, 3.05) is 9.80 Å². The molecule has 1 aliphatic carbocycles. The second-order valence-corrected chi connectivity index (χ2v) is 23.2. The highest BCUT2D eigenvalue weighted by molar-refractivity contribution is 7.26. The van der Waals surface area contributed by atoms with E-state index in [0.29, 0.717) is 0 Å². The Hall–Kier alpha value is -5.58. The van der Waals surface area contributed by atoms with Gasteiger partial charge in [0.15, 0.2) is 0 Å². The van der Waals surface area contributed by atoms with Crippen molar-refractivity contribution in [3.8, 4) is 11.1 Å². The Kier molecular flexibility index (Phi) is 8.75. The molecule has 0 saturated heterocycles. The minimum absolute atomic E-state index is 0.00183. The van der Waals surface area contributed by atoms with Gasteiger partial charge in [0.2, 0.25) is 0 Å². The minimum atomic E-state index is -0.0107. The normalized spacial score (nSPS) is 16.2. The molecule has 7 aromatic carbocycles. The number of hydrogen-bond acceptors (Lipinski definition) is 3. The van der Waals surface area contributed by atoms with Crippen molar-refractivity contribution >= 4 is 88.7 Å². The molecule has 0 fully saturated rings. The zero-order chi connectivity index (χ0) is 44.0. The highest BCUT2D eigenvalue weighted by Crippen LogP contribution is 2.51. The first-order chi connectivity index (χ1) is 29.9. The van der Waals surface area contributed by atoms with E-state index in [4.69, 9.17) is 0 Å². The number of hydrogen-bond donors (Lipinski definition) is 0. The smallest absolute Gasteiger partial charge is 0.252 e. The van der Waals surface area contributed by atoms with Gasteiger partial charge in [0.25, 0.3) is 6.71 Å². The van der Waals surface area contributed by atoms with E-state index < -0.39 is 0 Å². The first-order valence-corrected chi connectivity index (χ1v) is 23.9. The van der Waals surface area contributed by atoms with Crippen LogP contribution in [0.15, 0.2) is 133 Å². The fraction of sp³-hybridized carbons (Fsp3) is 0.288. The summed E-state index contributed by atoms with van der Waals surface area (Å²) in [6, 6.07) is 52.1. The molecule has 1 aromatic heterocycles. The van der Waals surface area contributed by atoms with Crippen molar-refractivity contribution < 1.29 is 0 Å². The average molecular weight is 839 g/mol. The molecule has 11 rings (SSSR count). The van der Waals surface area contributed by atoms with E-state index in [1.807, 2.05) is 11.3 Å². The van der Waals surface area contributed by atoms with Crippen molar-refractivity contribution in [3.05, 3.63) is 161 Å². The second-order valence-electron chi connectivity index (χ2n) is 22.2. The van der Waals surface area contributed by atoms with Crippen LogP contribution in [0, 0.1) is 6.92 Å². The molecular weight excluding hydrogens is 780 g/mol. The van der Waals surface area contributed by atoms with Crippen molar-refractivity contribution in [3.63, 3.8) is 0 Å². The van der Waals surface area contributed by atoms with Crippen LogP contribution in [0.5, 0.6) is 0 Å². The fourth-order valence-electron chi connectivity index (χ4n) is 11.1. The van der Waals surface area contributed by atoms with Crippen LogP contribution in [0.4, 0.5) is 34.1 Å². The van der Waals surface area contributed by atoms with Gasteiger partial charge in [0.05, 0.1) is 0 Å². The van der Waals surface area contributed by atoms with Crippen LogP contribution >= 0.6 is 11.3 Å². The van der Waals surface area contributed by atoms with E-state index in [9.17, 15) is 0 Å². The van der Waals surface area contributed by atoms with Gasteiger partial charge >= 0.3 is 0 Å². The molecule has 4 heteroatoms. The summed E-state index contributed by atoms with van der Waals surface area (Å²) in [5.41, 5.74) is 21.4. The summed E-state index contributed by atoms with van der Waals surface area (Å²) in [7, 11) is 0. The largest absolute Gasteiger partial charge is 0.311 e. The van der Waals surface area contributed by atoms with E-state index in [-0.39, 0.29) is 28.4 Å². The molecule has 63 heavy (non-hydrogen) atoms. The van der Waals surface area contributed by atoms with Crippen LogP contribution in [-0.2, 0) is 21.7 Å². The molecule has 3 heterocycles. The highest BCUT2D eigenvalue weighted by Gasteiger charge is 2.45. The maximum absolute atomic E-state index is 2.63. The number of nitrogens with zero attached hydrogens (tertiary/aromatic N) is 2. The van der Waals surface area contributed by atoms with Gasteiger partial charge in [0.1, 0.15) is 0 Å². The van der Waals surface area contributed by atoms with Crippen LogP contribution in [0.25, 0.3) is 31.3 Å². The standard InChI is InChI=1S/C59H59BN2S/c1-36-31-51-54-52(32-36)62(41-25-26-45-46(35-41)59(10,11)30-29-58(45,8)9)50-34-39(57(5,6)7)22-28-48(50)60(54)47-27-21-38(56(2,3)4)33-49(47)61(51)40-23-19-37(20-24-40)42-16-14-17-44-43-15-12-13-18-53(43)63-55(42)44/h12-28,31-35H,29-30H2,1-11H3. The minimum Gasteiger partial charge on any atom is -0.311 e. The molecule has 0 radical (unpaired) electrons. The molecule has 0 spiro atoms. The second kappa shape index (κ2) is 13.7. The van der Waals surface area contributed by atoms with Crippen molar-refractivity contribution in [2.24, 2.45) is 0 Å². The van der Waals surface area contributed by atoms with Crippen LogP contribution in [0.1, 0.15) is 110 Å². The summed E-state index contributed by atoms with van der Waals surface area (Å²) in [6.45, 7) is 26.2. The van der Waals surface area contributed by atoms with Crippen molar-refractivity contribution in [1.82, 2.24) is 0 Å². The van der Waals surface area contributed by atoms with Gasteiger partial charge in [-0.2, -0.15) is 0 Å². The molecule has 0 N–H and O–H groups in total. The summed E-state index contributed by atoms with van der Waals surface area (Å²) >= 11 is 1.90. The zero-order valence-corrected chi connectivity index (χ0v) is 39.8. The van der Waals surface area contributed by atoms with Crippen LogP contribution < -0.4 is 26.2 Å².